The van der Waals surface area contributed by atoms with E-state index in [1.165, 1.54) is 25.7 Å². The van der Waals surface area contributed by atoms with E-state index in [9.17, 15) is 0 Å². The third kappa shape index (κ3) is 2.82. The maximum absolute atomic E-state index is 5.34. The van der Waals surface area contributed by atoms with Crippen molar-refractivity contribution < 1.29 is 4.52 Å². The van der Waals surface area contributed by atoms with Gasteiger partial charge < -0.3 is 9.84 Å². The molecule has 0 aromatic carbocycles. The molecule has 0 amide bonds. The van der Waals surface area contributed by atoms with Gasteiger partial charge in [-0.25, -0.2) is 0 Å². The quantitative estimate of drug-likeness (QED) is 0.900. The third-order valence-corrected chi connectivity index (χ3v) is 4.46. The van der Waals surface area contributed by atoms with Gasteiger partial charge in [-0.2, -0.15) is 4.98 Å². The zero-order chi connectivity index (χ0) is 13.4. The number of nitrogens with one attached hydrogen (secondary N) is 1. The summed E-state index contributed by atoms with van der Waals surface area (Å²) in [5.74, 6) is 1.89. The molecule has 1 aromatic heterocycles. The molecule has 3 atom stereocenters. The van der Waals surface area contributed by atoms with Crippen LogP contribution in [0, 0.1) is 0 Å². The molecule has 106 valence electrons. The second-order valence-corrected chi connectivity index (χ2v) is 6.38. The van der Waals surface area contributed by atoms with Crippen molar-refractivity contribution in [2.24, 2.45) is 0 Å². The highest BCUT2D eigenvalue weighted by Crippen LogP contribution is 2.29. The van der Waals surface area contributed by atoms with E-state index in [2.05, 4.69) is 41.3 Å². The van der Waals surface area contributed by atoms with Gasteiger partial charge in [0.15, 0.2) is 5.82 Å². The van der Waals surface area contributed by atoms with Gasteiger partial charge in [0.05, 0.1) is 6.54 Å². The lowest BCUT2D eigenvalue weighted by Gasteiger charge is -2.34. The summed E-state index contributed by atoms with van der Waals surface area (Å²) in [5, 5.41) is 7.71. The molecular formula is C14H24N4O. The lowest BCUT2D eigenvalue weighted by Crippen LogP contribution is -2.46. The summed E-state index contributed by atoms with van der Waals surface area (Å²) in [6.45, 7) is 4.94. The Morgan fingerprint density at radius 2 is 2.00 bits per heavy atom. The summed E-state index contributed by atoms with van der Waals surface area (Å²) < 4.78 is 5.34. The molecule has 3 heterocycles. The van der Waals surface area contributed by atoms with Crippen molar-refractivity contribution in [3.05, 3.63) is 11.7 Å². The van der Waals surface area contributed by atoms with E-state index in [-0.39, 0.29) is 0 Å². The summed E-state index contributed by atoms with van der Waals surface area (Å²) in [6.07, 6.45) is 5.18. The van der Waals surface area contributed by atoms with E-state index in [0.29, 0.717) is 12.0 Å². The van der Waals surface area contributed by atoms with E-state index >= 15 is 0 Å². The topological polar surface area (TPSA) is 54.2 Å². The molecule has 5 heteroatoms. The molecular weight excluding hydrogens is 240 g/mol. The van der Waals surface area contributed by atoms with E-state index in [0.717, 1.165) is 30.3 Å². The average Bonchev–Trinajstić information content (AvgIpc) is 2.96. The van der Waals surface area contributed by atoms with Crippen LogP contribution in [0.15, 0.2) is 4.52 Å². The molecule has 1 N–H and O–H groups in total. The summed E-state index contributed by atoms with van der Waals surface area (Å²) >= 11 is 0. The number of hydrogen-bond donors (Lipinski definition) is 1. The zero-order valence-electron chi connectivity index (χ0n) is 12.1. The summed E-state index contributed by atoms with van der Waals surface area (Å²) in [5.41, 5.74) is 0. The molecule has 2 bridgehead atoms. The summed E-state index contributed by atoms with van der Waals surface area (Å²) in [4.78, 5) is 6.84. The number of hydrogen-bond acceptors (Lipinski definition) is 5. The van der Waals surface area contributed by atoms with E-state index in [1.807, 2.05) is 0 Å². The number of fused-ring (bicyclic) bond motifs is 2. The van der Waals surface area contributed by atoms with Crippen LogP contribution in [0.25, 0.3) is 0 Å². The van der Waals surface area contributed by atoms with Crippen molar-refractivity contribution in [2.75, 3.05) is 7.05 Å². The Kier molecular flexibility index (Phi) is 3.58. The van der Waals surface area contributed by atoms with Gasteiger partial charge in [0, 0.05) is 24.0 Å². The Hall–Kier alpha value is -0.940. The minimum atomic E-state index is 0.331. The van der Waals surface area contributed by atoms with Crippen LogP contribution in [0.2, 0.25) is 0 Å². The van der Waals surface area contributed by atoms with Crippen molar-refractivity contribution >= 4 is 0 Å². The standard InChI is InChI=1S/C14H24N4O/c1-9(2)14-16-13(19-17-14)8-18(3)12-6-10-4-5-11(7-12)15-10/h9-12,15H,4-8H2,1-3H3/t10-,11+,12?. The highest BCUT2D eigenvalue weighted by Gasteiger charge is 2.35. The predicted molar refractivity (Wildman–Crippen MR) is 72.8 cm³/mol. The Balaban J connectivity index is 1.59. The minimum absolute atomic E-state index is 0.331. The van der Waals surface area contributed by atoms with Gasteiger partial charge in [0.1, 0.15) is 0 Å². The maximum atomic E-state index is 5.34. The summed E-state index contributed by atoms with van der Waals surface area (Å²) in [7, 11) is 2.18. The van der Waals surface area contributed by atoms with Crippen LogP contribution < -0.4 is 5.32 Å². The van der Waals surface area contributed by atoms with Crippen molar-refractivity contribution in [3.63, 3.8) is 0 Å². The molecule has 1 unspecified atom stereocenters. The van der Waals surface area contributed by atoms with Crippen LogP contribution in [0.3, 0.4) is 0 Å². The fourth-order valence-electron chi connectivity index (χ4n) is 3.30. The second-order valence-electron chi connectivity index (χ2n) is 6.38. The maximum Gasteiger partial charge on any atom is 0.240 e. The first-order valence-electron chi connectivity index (χ1n) is 7.40. The van der Waals surface area contributed by atoms with E-state index in [1.54, 1.807) is 0 Å². The predicted octanol–water partition coefficient (Wildman–Crippen LogP) is 1.91. The Labute approximate surface area is 114 Å². The van der Waals surface area contributed by atoms with Gasteiger partial charge in [0.2, 0.25) is 5.89 Å². The van der Waals surface area contributed by atoms with E-state index in [4.69, 9.17) is 4.52 Å². The molecule has 2 aliphatic heterocycles. The van der Waals surface area contributed by atoms with Crippen LogP contribution >= 0.6 is 0 Å². The minimum Gasteiger partial charge on any atom is -0.338 e. The van der Waals surface area contributed by atoms with Gasteiger partial charge in [0.25, 0.3) is 0 Å². The lowest BCUT2D eigenvalue weighted by atomic mass is 9.98. The Morgan fingerprint density at radius 3 is 2.58 bits per heavy atom. The molecule has 0 aliphatic carbocycles. The lowest BCUT2D eigenvalue weighted by molar-refractivity contribution is 0.150. The van der Waals surface area contributed by atoms with Gasteiger partial charge in [-0.3, -0.25) is 4.90 Å². The number of piperidine rings is 1. The molecule has 19 heavy (non-hydrogen) atoms. The molecule has 2 aliphatic rings. The number of aromatic nitrogens is 2. The van der Waals surface area contributed by atoms with Gasteiger partial charge in [-0.15, -0.1) is 0 Å². The number of rotatable bonds is 4. The molecule has 2 saturated heterocycles. The Bertz CT molecular complexity index is 419. The van der Waals surface area contributed by atoms with Crippen LogP contribution in [0.1, 0.15) is 57.2 Å². The molecule has 5 nitrogen and oxygen atoms in total. The van der Waals surface area contributed by atoms with Crippen molar-refractivity contribution in [1.82, 2.24) is 20.4 Å². The largest absolute Gasteiger partial charge is 0.338 e. The molecule has 0 spiro atoms. The van der Waals surface area contributed by atoms with Crippen LogP contribution in [0.4, 0.5) is 0 Å². The molecule has 0 saturated carbocycles. The average molecular weight is 264 g/mol. The summed E-state index contributed by atoms with van der Waals surface area (Å²) in [6, 6.07) is 2.09. The first kappa shape index (κ1) is 13.1. The molecule has 1 aromatic rings. The first-order chi connectivity index (χ1) is 9.11. The second kappa shape index (κ2) is 5.21. The van der Waals surface area contributed by atoms with Crippen molar-refractivity contribution in [1.29, 1.82) is 0 Å². The van der Waals surface area contributed by atoms with Gasteiger partial charge in [-0.1, -0.05) is 19.0 Å². The molecule has 0 radical (unpaired) electrons. The third-order valence-electron chi connectivity index (χ3n) is 4.46. The van der Waals surface area contributed by atoms with Gasteiger partial charge in [-0.05, 0) is 32.7 Å². The van der Waals surface area contributed by atoms with Gasteiger partial charge >= 0.3 is 0 Å². The van der Waals surface area contributed by atoms with Crippen molar-refractivity contribution in [2.45, 2.75) is 70.1 Å². The van der Waals surface area contributed by atoms with Crippen LogP contribution in [-0.4, -0.2) is 40.2 Å². The smallest absolute Gasteiger partial charge is 0.240 e. The number of nitrogens with zero attached hydrogens (tertiary/aromatic N) is 3. The Morgan fingerprint density at radius 1 is 1.32 bits per heavy atom. The fraction of sp³-hybridized carbons (Fsp3) is 0.857. The normalized spacial score (nSPS) is 30.5. The molecule has 2 fully saturated rings. The highest BCUT2D eigenvalue weighted by atomic mass is 16.5. The molecule has 3 rings (SSSR count). The first-order valence-corrected chi connectivity index (χ1v) is 7.40. The van der Waals surface area contributed by atoms with Crippen molar-refractivity contribution in [3.8, 4) is 0 Å². The van der Waals surface area contributed by atoms with Crippen LogP contribution in [0.5, 0.6) is 0 Å². The monoisotopic (exact) mass is 264 g/mol. The fourth-order valence-corrected chi connectivity index (χ4v) is 3.30. The SMILES string of the molecule is CC(C)c1noc(CN(C)C2C[C@H]3CC[C@@H](C2)N3)n1. The van der Waals surface area contributed by atoms with E-state index < -0.39 is 0 Å². The zero-order valence-corrected chi connectivity index (χ0v) is 12.1. The van der Waals surface area contributed by atoms with Crippen LogP contribution in [-0.2, 0) is 6.54 Å². The highest BCUT2D eigenvalue weighted by molar-refractivity contribution is 4.96.